The minimum atomic E-state index is -3.64. The van der Waals surface area contributed by atoms with E-state index < -0.39 is 10.0 Å². The lowest BCUT2D eigenvalue weighted by Gasteiger charge is -2.06. The SMILES string of the molecule is Cc1cc(NS(=O)(=O)c2ccc(N)cc2)no1.Cc1ccc(C(C)C)cc1O. The number of nitrogens with zero attached hydrogens (tertiary/aromatic N) is 1. The number of phenols is 1. The van der Waals surface area contributed by atoms with Gasteiger partial charge < -0.3 is 15.4 Å². The fraction of sp³-hybridized carbons (Fsp3) is 0.250. The Morgan fingerprint density at radius 1 is 1.07 bits per heavy atom. The summed E-state index contributed by atoms with van der Waals surface area (Å²) in [4.78, 5) is 0.118. The number of rotatable bonds is 4. The van der Waals surface area contributed by atoms with E-state index in [9.17, 15) is 13.5 Å². The normalized spacial score (nSPS) is 11.0. The van der Waals surface area contributed by atoms with Crippen LogP contribution in [0.15, 0.2) is 57.9 Å². The quantitative estimate of drug-likeness (QED) is 0.562. The number of nitrogens with one attached hydrogen (secondary N) is 1. The van der Waals surface area contributed by atoms with Crippen LogP contribution >= 0.6 is 0 Å². The predicted octanol–water partition coefficient (Wildman–Crippen LogP) is 4.19. The molecule has 4 N–H and O–H groups in total. The Bertz CT molecular complexity index is 1030. The van der Waals surface area contributed by atoms with Gasteiger partial charge in [-0.05, 0) is 61.2 Å². The van der Waals surface area contributed by atoms with E-state index in [1.54, 1.807) is 6.92 Å². The first kappa shape index (κ1) is 21.3. The minimum absolute atomic E-state index is 0.118. The molecule has 0 amide bonds. The number of aromatic hydroxyl groups is 1. The lowest BCUT2D eigenvalue weighted by atomic mass is 10.0. The summed E-state index contributed by atoms with van der Waals surface area (Å²) < 4.78 is 30.8. The van der Waals surface area contributed by atoms with Gasteiger partial charge in [0.25, 0.3) is 10.0 Å². The highest BCUT2D eigenvalue weighted by Gasteiger charge is 2.15. The molecule has 0 atom stereocenters. The fourth-order valence-electron chi connectivity index (χ4n) is 2.24. The van der Waals surface area contributed by atoms with E-state index in [4.69, 9.17) is 10.3 Å². The second-order valence-electron chi connectivity index (χ2n) is 6.70. The van der Waals surface area contributed by atoms with Crippen molar-refractivity contribution < 1.29 is 18.0 Å². The van der Waals surface area contributed by atoms with Gasteiger partial charge in [0.1, 0.15) is 11.5 Å². The average molecular weight is 404 g/mol. The molecule has 0 spiro atoms. The Morgan fingerprint density at radius 2 is 1.71 bits per heavy atom. The highest BCUT2D eigenvalue weighted by atomic mass is 32.2. The van der Waals surface area contributed by atoms with Gasteiger partial charge in [0.2, 0.25) is 0 Å². The molecule has 0 radical (unpaired) electrons. The molecular weight excluding hydrogens is 378 g/mol. The van der Waals surface area contributed by atoms with E-state index in [1.165, 1.54) is 35.9 Å². The molecule has 0 aliphatic carbocycles. The van der Waals surface area contributed by atoms with Crippen molar-refractivity contribution in [1.29, 1.82) is 0 Å². The average Bonchev–Trinajstić information content (AvgIpc) is 3.02. The molecule has 8 heteroatoms. The molecule has 0 aliphatic rings. The first-order valence-electron chi connectivity index (χ1n) is 8.69. The van der Waals surface area contributed by atoms with Gasteiger partial charge in [-0.15, -0.1) is 0 Å². The van der Waals surface area contributed by atoms with Gasteiger partial charge in [0.15, 0.2) is 5.82 Å². The van der Waals surface area contributed by atoms with Crippen LogP contribution in [0, 0.1) is 13.8 Å². The van der Waals surface area contributed by atoms with Crippen LogP contribution in [0.4, 0.5) is 11.5 Å². The van der Waals surface area contributed by atoms with Gasteiger partial charge in [-0.25, -0.2) is 8.42 Å². The van der Waals surface area contributed by atoms with Crippen molar-refractivity contribution in [2.75, 3.05) is 10.5 Å². The van der Waals surface area contributed by atoms with Crippen LogP contribution in [0.5, 0.6) is 5.75 Å². The highest BCUT2D eigenvalue weighted by molar-refractivity contribution is 7.92. The summed E-state index contributed by atoms with van der Waals surface area (Å²) in [5.74, 6) is 1.57. The smallest absolute Gasteiger partial charge is 0.263 e. The van der Waals surface area contributed by atoms with Gasteiger partial charge in [0.05, 0.1) is 4.90 Å². The molecule has 3 rings (SSSR count). The van der Waals surface area contributed by atoms with Gasteiger partial charge in [0, 0.05) is 11.8 Å². The zero-order chi connectivity index (χ0) is 20.9. The maximum Gasteiger partial charge on any atom is 0.263 e. The Labute approximate surface area is 165 Å². The third-order valence-corrected chi connectivity index (χ3v) is 5.33. The summed E-state index contributed by atoms with van der Waals surface area (Å²) in [6.07, 6.45) is 0. The Balaban J connectivity index is 0.000000221. The van der Waals surface area contributed by atoms with Crippen LogP contribution in [0.3, 0.4) is 0 Å². The minimum Gasteiger partial charge on any atom is -0.508 e. The van der Waals surface area contributed by atoms with Gasteiger partial charge in [-0.2, -0.15) is 0 Å². The van der Waals surface area contributed by atoms with E-state index in [0.717, 1.165) is 5.56 Å². The summed E-state index contributed by atoms with van der Waals surface area (Å²) in [5, 5.41) is 12.9. The molecular formula is C20H25N3O4S. The summed E-state index contributed by atoms with van der Waals surface area (Å²) >= 11 is 0. The van der Waals surface area contributed by atoms with Gasteiger partial charge >= 0.3 is 0 Å². The Hall–Kier alpha value is -3.00. The second kappa shape index (κ2) is 8.79. The molecule has 0 bridgehead atoms. The number of hydrogen-bond acceptors (Lipinski definition) is 6. The monoisotopic (exact) mass is 403 g/mol. The van der Waals surface area contributed by atoms with E-state index in [-0.39, 0.29) is 10.7 Å². The number of nitrogens with two attached hydrogens (primary N) is 1. The number of nitrogen functional groups attached to an aromatic ring is 1. The molecule has 0 unspecified atom stereocenters. The molecule has 1 heterocycles. The molecule has 0 fully saturated rings. The van der Waals surface area contributed by atoms with Crippen molar-refractivity contribution in [3.8, 4) is 5.75 Å². The Morgan fingerprint density at radius 3 is 2.21 bits per heavy atom. The Kier molecular flexibility index (Phi) is 6.69. The molecule has 150 valence electrons. The van der Waals surface area contributed by atoms with Crippen molar-refractivity contribution in [3.63, 3.8) is 0 Å². The van der Waals surface area contributed by atoms with Crippen molar-refractivity contribution in [1.82, 2.24) is 5.16 Å². The molecule has 1 aromatic heterocycles. The van der Waals surface area contributed by atoms with E-state index in [0.29, 0.717) is 23.1 Å². The van der Waals surface area contributed by atoms with Crippen LogP contribution in [-0.4, -0.2) is 18.7 Å². The maximum absolute atomic E-state index is 11.9. The summed E-state index contributed by atoms with van der Waals surface area (Å²) in [5.41, 5.74) is 8.11. The van der Waals surface area contributed by atoms with Crippen LogP contribution in [-0.2, 0) is 10.0 Å². The molecule has 3 aromatic rings. The zero-order valence-electron chi connectivity index (χ0n) is 16.3. The highest BCUT2D eigenvalue weighted by Crippen LogP contribution is 2.22. The number of sulfonamides is 1. The number of aromatic nitrogens is 1. The van der Waals surface area contributed by atoms with Crippen molar-refractivity contribution in [2.45, 2.75) is 38.5 Å². The van der Waals surface area contributed by atoms with Crippen molar-refractivity contribution >= 4 is 21.5 Å². The van der Waals surface area contributed by atoms with Crippen molar-refractivity contribution in [2.24, 2.45) is 0 Å². The first-order chi connectivity index (χ1) is 13.1. The lowest BCUT2D eigenvalue weighted by molar-refractivity contribution is 0.400. The van der Waals surface area contributed by atoms with E-state index in [1.807, 2.05) is 19.1 Å². The van der Waals surface area contributed by atoms with Crippen LogP contribution in [0.1, 0.15) is 36.7 Å². The van der Waals surface area contributed by atoms with Crippen LogP contribution in [0.2, 0.25) is 0 Å². The number of hydrogen-bond donors (Lipinski definition) is 3. The second-order valence-corrected chi connectivity index (χ2v) is 8.38. The van der Waals surface area contributed by atoms with Gasteiger partial charge in [-0.1, -0.05) is 31.1 Å². The molecule has 0 saturated carbocycles. The van der Waals surface area contributed by atoms with Crippen LogP contribution < -0.4 is 10.5 Å². The van der Waals surface area contributed by atoms with Crippen molar-refractivity contribution in [3.05, 3.63) is 65.4 Å². The molecule has 7 nitrogen and oxygen atoms in total. The topological polar surface area (TPSA) is 118 Å². The standard InChI is InChI=1S/C10H11N3O3S.C10H14O/c1-7-6-10(12-16-7)13-17(14,15)9-4-2-8(11)3-5-9;1-7(2)9-5-4-8(3)10(11)6-9/h2-6H,11H2,1H3,(H,12,13);4-7,11H,1-3H3. The molecule has 0 aliphatic heterocycles. The summed E-state index contributed by atoms with van der Waals surface area (Å²) in [6, 6.07) is 13.2. The predicted molar refractivity (Wildman–Crippen MR) is 110 cm³/mol. The molecule has 28 heavy (non-hydrogen) atoms. The number of phenolic OH excluding ortho intramolecular Hbond substituents is 1. The summed E-state index contributed by atoms with van der Waals surface area (Å²) in [7, 11) is -3.64. The number of anilines is 2. The number of benzene rings is 2. The largest absolute Gasteiger partial charge is 0.508 e. The fourth-order valence-corrected chi connectivity index (χ4v) is 3.23. The third kappa shape index (κ3) is 5.75. The zero-order valence-corrected chi connectivity index (χ0v) is 17.1. The lowest BCUT2D eigenvalue weighted by Crippen LogP contribution is -2.13. The van der Waals surface area contributed by atoms with E-state index >= 15 is 0 Å². The van der Waals surface area contributed by atoms with E-state index in [2.05, 4.69) is 29.8 Å². The first-order valence-corrected chi connectivity index (χ1v) is 10.2. The van der Waals surface area contributed by atoms with Gasteiger partial charge in [-0.3, -0.25) is 4.72 Å². The summed E-state index contributed by atoms with van der Waals surface area (Å²) in [6.45, 7) is 7.81. The molecule has 0 saturated heterocycles. The maximum atomic E-state index is 11.9. The molecule has 2 aromatic carbocycles. The van der Waals surface area contributed by atoms with Crippen LogP contribution in [0.25, 0.3) is 0 Å². The number of aryl methyl sites for hydroxylation is 2. The third-order valence-electron chi connectivity index (χ3n) is 3.96.